The van der Waals surface area contributed by atoms with E-state index >= 15 is 0 Å². The van der Waals surface area contributed by atoms with E-state index in [2.05, 4.69) is 9.71 Å². The topological polar surface area (TPSA) is 63.5 Å². The van der Waals surface area contributed by atoms with Crippen molar-refractivity contribution in [2.24, 2.45) is 0 Å². The number of aromatic nitrogens is 2. The van der Waals surface area contributed by atoms with Gasteiger partial charge in [-0.3, -0.25) is 9.12 Å². The Kier molecular flexibility index (Phi) is 4.10. The van der Waals surface area contributed by atoms with E-state index in [4.69, 9.17) is 0 Å². The maximum absolute atomic E-state index is 12.7. The highest BCUT2D eigenvalue weighted by Crippen LogP contribution is 2.31. The smallest absolute Gasteiger partial charge is 0.271 e. The molecule has 0 amide bonds. The molecule has 3 heterocycles. The zero-order valence-corrected chi connectivity index (χ0v) is 15.8. The Balaban J connectivity index is 1.72. The minimum atomic E-state index is -3.61. The largest absolute Gasteiger partial charge is 0.297 e. The third-order valence-corrected chi connectivity index (χ3v) is 7.65. The first-order valence-electron chi connectivity index (χ1n) is 7.70. The van der Waals surface area contributed by atoms with Crippen molar-refractivity contribution in [1.29, 1.82) is 0 Å². The summed E-state index contributed by atoms with van der Waals surface area (Å²) in [4.78, 5) is 6.49. The Morgan fingerprint density at radius 2 is 2.04 bits per heavy atom. The van der Waals surface area contributed by atoms with Crippen molar-refractivity contribution < 1.29 is 8.42 Å². The quantitative estimate of drug-likeness (QED) is 0.547. The van der Waals surface area contributed by atoms with Crippen molar-refractivity contribution >= 4 is 43.3 Å². The standard InChI is InChI=1S/C17H15N3O2S3/c1-2-12-7-8-16(24-12)25(21,22)19-14-6-4-3-5-13(14)15-11-20-9-10-23-17(20)18-15/h3-11,19H,2H2,1H3. The predicted molar refractivity (Wildman–Crippen MR) is 103 cm³/mol. The summed E-state index contributed by atoms with van der Waals surface area (Å²) in [6, 6.07) is 10.8. The van der Waals surface area contributed by atoms with Gasteiger partial charge in [0.25, 0.3) is 10.0 Å². The van der Waals surface area contributed by atoms with Crippen LogP contribution in [0, 0.1) is 0 Å². The van der Waals surface area contributed by atoms with Crippen molar-refractivity contribution in [2.75, 3.05) is 4.72 Å². The molecule has 3 aromatic heterocycles. The second-order valence-electron chi connectivity index (χ2n) is 5.44. The molecule has 128 valence electrons. The molecule has 25 heavy (non-hydrogen) atoms. The molecule has 0 radical (unpaired) electrons. The van der Waals surface area contributed by atoms with Crippen LogP contribution in [-0.4, -0.2) is 17.8 Å². The average Bonchev–Trinajstić information content (AvgIpc) is 3.30. The first-order valence-corrected chi connectivity index (χ1v) is 10.9. The van der Waals surface area contributed by atoms with Gasteiger partial charge in [0.05, 0.1) is 11.4 Å². The van der Waals surface area contributed by atoms with E-state index in [0.29, 0.717) is 9.90 Å². The second kappa shape index (κ2) is 6.29. The molecular formula is C17H15N3O2S3. The van der Waals surface area contributed by atoms with Crippen LogP contribution in [0.2, 0.25) is 0 Å². The van der Waals surface area contributed by atoms with Gasteiger partial charge in [-0.05, 0) is 24.6 Å². The van der Waals surface area contributed by atoms with Crippen LogP contribution in [0.25, 0.3) is 16.2 Å². The van der Waals surface area contributed by atoms with Crippen molar-refractivity contribution in [3.05, 3.63) is 59.0 Å². The summed E-state index contributed by atoms with van der Waals surface area (Å²) in [5.74, 6) is 0. The molecule has 5 nitrogen and oxygen atoms in total. The molecule has 8 heteroatoms. The Morgan fingerprint density at radius 3 is 2.80 bits per heavy atom. The molecule has 0 fully saturated rings. The highest BCUT2D eigenvalue weighted by molar-refractivity contribution is 7.94. The van der Waals surface area contributed by atoms with E-state index in [-0.39, 0.29) is 0 Å². The molecule has 0 saturated heterocycles. The molecule has 0 spiro atoms. The molecule has 1 N–H and O–H groups in total. The van der Waals surface area contributed by atoms with Crippen LogP contribution in [0.5, 0.6) is 0 Å². The van der Waals surface area contributed by atoms with E-state index in [1.165, 1.54) is 22.7 Å². The fourth-order valence-corrected chi connectivity index (χ4v) is 5.62. The number of thiazole rings is 1. The van der Waals surface area contributed by atoms with Crippen LogP contribution >= 0.6 is 22.7 Å². The van der Waals surface area contributed by atoms with Gasteiger partial charge in [0, 0.05) is 28.2 Å². The number of nitrogens with zero attached hydrogens (tertiary/aromatic N) is 2. The van der Waals surface area contributed by atoms with E-state index in [9.17, 15) is 8.42 Å². The molecule has 4 aromatic rings. The van der Waals surface area contributed by atoms with Crippen LogP contribution < -0.4 is 4.72 Å². The number of nitrogens with one attached hydrogen (secondary N) is 1. The highest BCUT2D eigenvalue weighted by atomic mass is 32.2. The lowest BCUT2D eigenvalue weighted by molar-refractivity contribution is 0.603. The predicted octanol–water partition coefficient (Wildman–Crippen LogP) is 4.49. The SMILES string of the molecule is CCc1ccc(S(=O)(=O)Nc2ccccc2-c2cn3ccsc3n2)s1. The zero-order valence-electron chi connectivity index (χ0n) is 13.3. The van der Waals surface area contributed by atoms with Crippen LogP contribution in [0.1, 0.15) is 11.8 Å². The number of hydrogen-bond acceptors (Lipinski definition) is 5. The van der Waals surface area contributed by atoms with Gasteiger partial charge in [0.2, 0.25) is 0 Å². The lowest BCUT2D eigenvalue weighted by Crippen LogP contribution is -2.12. The Hall–Kier alpha value is -2.16. The molecule has 0 unspecified atom stereocenters. The number of fused-ring (bicyclic) bond motifs is 1. The summed E-state index contributed by atoms with van der Waals surface area (Å²) in [6.45, 7) is 2.01. The number of imidazole rings is 1. The number of hydrogen-bond donors (Lipinski definition) is 1. The number of aryl methyl sites for hydroxylation is 1. The van der Waals surface area contributed by atoms with Gasteiger partial charge in [-0.2, -0.15) is 0 Å². The first kappa shape index (κ1) is 16.3. The summed E-state index contributed by atoms with van der Waals surface area (Å²) < 4.78 is 30.4. The van der Waals surface area contributed by atoms with Crippen molar-refractivity contribution in [1.82, 2.24) is 9.38 Å². The van der Waals surface area contributed by atoms with Gasteiger partial charge in [0.1, 0.15) is 4.21 Å². The lowest BCUT2D eigenvalue weighted by atomic mass is 10.1. The summed E-state index contributed by atoms with van der Waals surface area (Å²) in [5, 5.41) is 1.96. The molecule has 0 bridgehead atoms. The van der Waals surface area contributed by atoms with Crippen LogP contribution in [-0.2, 0) is 16.4 Å². The Labute approximate surface area is 153 Å². The molecule has 1 aromatic carbocycles. The molecule has 0 saturated carbocycles. The Bertz CT molecular complexity index is 1110. The zero-order chi connectivity index (χ0) is 17.4. The average molecular weight is 390 g/mol. The number of benzene rings is 1. The van der Waals surface area contributed by atoms with E-state index in [1.54, 1.807) is 12.1 Å². The minimum absolute atomic E-state index is 0.324. The third-order valence-electron chi connectivity index (χ3n) is 3.79. The molecule has 0 aliphatic heterocycles. The normalized spacial score (nSPS) is 11.9. The van der Waals surface area contributed by atoms with Crippen LogP contribution in [0.4, 0.5) is 5.69 Å². The molecule has 0 aliphatic rings. The van der Waals surface area contributed by atoms with Gasteiger partial charge in [0.15, 0.2) is 4.96 Å². The summed E-state index contributed by atoms with van der Waals surface area (Å²) in [6.07, 6.45) is 4.66. The van der Waals surface area contributed by atoms with Crippen LogP contribution in [0.3, 0.4) is 0 Å². The van der Waals surface area contributed by atoms with Crippen molar-refractivity contribution in [2.45, 2.75) is 17.6 Å². The van der Waals surface area contributed by atoms with Gasteiger partial charge in [-0.25, -0.2) is 13.4 Å². The van der Waals surface area contributed by atoms with E-state index < -0.39 is 10.0 Å². The van der Waals surface area contributed by atoms with Gasteiger partial charge < -0.3 is 0 Å². The molecule has 4 rings (SSSR count). The van der Waals surface area contributed by atoms with Gasteiger partial charge >= 0.3 is 0 Å². The van der Waals surface area contributed by atoms with E-state index in [0.717, 1.165) is 27.5 Å². The number of para-hydroxylation sites is 1. The summed E-state index contributed by atoms with van der Waals surface area (Å²) in [5.41, 5.74) is 2.03. The first-order chi connectivity index (χ1) is 12.1. The second-order valence-corrected chi connectivity index (χ2v) is 9.39. The van der Waals surface area contributed by atoms with Crippen molar-refractivity contribution in [3.8, 4) is 11.3 Å². The number of sulfonamides is 1. The number of rotatable bonds is 5. The summed E-state index contributed by atoms with van der Waals surface area (Å²) in [7, 11) is -3.61. The van der Waals surface area contributed by atoms with Crippen LogP contribution in [0.15, 0.2) is 58.4 Å². The maximum atomic E-state index is 12.7. The monoisotopic (exact) mass is 389 g/mol. The fraction of sp³-hybridized carbons (Fsp3) is 0.118. The number of anilines is 1. The van der Waals surface area contributed by atoms with Gasteiger partial charge in [-0.1, -0.05) is 25.1 Å². The lowest BCUT2D eigenvalue weighted by Gasteiger charge is -2.10. The van der Waals surface area contributed by atoms with Crippen molar-refractivity contribution in [3.63, 3.8) is 0 Å². The molecule has 0 atom stereocenters. The maximum Gasteiger partial charge on any atom is 0.271 e. The highest BCUT2D eigenvalue weighted by Gasteiger charge is 2.19. The van der Waals surface area contributed by atoms with Gasteiger partial charge in [-0.15, -0.1) is 22.7 Å². The fourth-order valence-electron chi connectivity index (χ4n) is 2.54. The van der Waals surface area contributed by atoms with E-state index in [1.807, 2.05) is 53.4 Å². The third kappa shape index (κ3) is 3.08. The summed E-state index contributed by atoms with van der Waals surface area (Å²) >= 11 is 2.84. The molecule has 0 aliphatic carbocycles. The minimum Gasteiger partial charge on any atom is -0.297 e. The molecular weight excluding hydrogens is 374 g/mol. The number of thiophene rings is 1. The Morgan fingerprint density at radius 1 is 1.20 bits per heavy atom.